The summed E-state index contributed by atoms with van der Waals surface area (Å²) in [5.74, 6) is 0.481. The third kappa shape index (κ3) is 4.78. The van der Waals surface area contributed by atoms with Gasteiger partial charge in [0.1, 0.15) is 10.7 Å². The van der Waals surface area contributed by atoms with E-state index >= 15 is 0 Å². The zero-order chi connectivity index (χ0) is 17.8. The summed E-state index contributed by atoms with van der Waals surface area (Å²) < 4.78 is 1.01. The van der Waals surface area contributed by atoms with E-state index in [1.165, 1.54) is 11.3 Å². The summed E-state index contributed by atoms with van der Waals surface area (Å²) in [5, 5.41) is 7.17. The van der Waals surface area contributed by atoms with Crippen molar-refractivity contribution in [2.45, 2.75) is 13.5 Å². The van der Waals surface area contributed by atoms with E-state index in [-0.39, 0.29) is 5.91 Å². The highest BCUT2D eigenvalue weighted by molar-refractivity contribution is 9.10. The molecule has 5 nitrogen and oxygen atoms in total. The molecule has 2 aromatic heterocycles. The van der Waals surface area contributed by atoms with Crippen LogP contribution < -0.4 is 10.6 Å². The van der Waals surface area contributed by atoms with E-state index in [0.29, 0.717) is 33.1 Å². The fraction of sp³-hybridized carbons (Fsp3) is 0.118. The van der Waals surface area contributed by atoms with Gasteiger partial charge in [-0.2, -0.15) is 0 Å². The fourth-order valence-electron chi connectivity index (χ4n) is 2.08. The molecule has 0 aliphatic rings. The number of thiazole rings is 1. The van der Waals surface area contributed by atoms with Gasteiger partial charge < -0.3 is 10.6 Å². The Morgan fingerprint density at radius 2 is 2.00 bits per heavy atom. The monoisotopic (exact) mass is 436 g/mol. The van der Waals surface area contributed by atoms with Gasteiger partial charge in [-0.05, 0) is 36.8 Å². The lowest BCUT2D eigenvalue weighted by Crippen LogP contribution is -2.22. The Kier molecular flexibility index (Phi) is 5.67. The van der Waals surface area contributed by atoms with Crippen molar-refractivity contribution in [1.82, 2.24) is 15.3 Å². The standard InChI is InChI=1S/C17H14BrClN4OS/c1-10-15(16(24)21-8-11-2-4-12(18)5-3-11)25-17(22-10)23-14-7-6-13(19)9-20-14/h2-7,9H,8H2,1H3,(H,21,24)(H,20,22,23). The number of hydrogen-bond donors (Lipinski definition) is 2. The van der Waals surface area contributed by atoms with Crippen molar-refractivity contribution in [2.24, 2.45) is 0 Å². The molecule has 0 fully saturated rings. The smallest absolute Gasteiger partial charge is 0.263 e. The number of carbonyl (C=O) groups excluding carboxylic acids is 1. The third-order valence-corrected chi connectivity index (χ3v) is 5.16. The van der Waals surface area contributed by atoms with Gasteiger partial charge in [0.25, 0.3) is 5.91 Å². The second-order valence-corrected chi connectivity index (χ2v) is 7.58. The van der Waals surface area contributed by atoms with E-state index < -0.39 is 0 Å². The molecule has 1 aromatic carbocycles. The number of benzene rings is 1. The van der Waals surface area contributed by atoms with Gasteiger partial charge in [0.15, 0.2) is 5.13 Å². The van der Waals surface area contributed by atoms with E-state index in [1.807, 2.05) is 31.2 Å². The molecule has 0 saturated carbocycles. The molecule has 3 aromatic rings. The molecule has 2 heterocycles. The van der Waals surface area contributed by atoms with Gasteiger partial charge in [0.05, 0.1) is 10.7 Å². The molecule has 0 bridgehead atoms. The maximum atomic E-state index is 12.4. The van der Waals surface area contributed by atoms with Crippen LogP contribution in [0, 0.1) is 6.92 Å². The number of pyridine rings is 1. The van der Waals surface area contributed by atoms with Crippen LogP contribution in [0.2, 0.25) is 5.02 Å². The molecule has 3 rings (SSSR count). The predicted octanol–water partition coefficient (Wildman–Crippen LogP) is 4.94. The highest BCUT2D eigenvalue weighted by Crippen LogP contribution is 2.25. The molecular weight excluding hydrogens is 424 g/mol. The van der Waals surface area contributed by atoms with Crippen LogP contribution in [0.5, 0.6) is 0 Å². The minimum absolute atomic E-state index is 0.143. The summed E-state index contributed by atoms with van der Waals surface area (Å²) in [6.07, 6.45) is 1.55. The predicted molar refractivity (Wildman–Crippen MR) is 105 cm³/mol. The van der Waals surface area contributed by atoms with E-state index in [1.54, 1.807) is 18.3 Å². The van der Waals surface area contributed by atoms with Crippen molar-refractivity contribution in [3.05, 3.63) is 68.2 Å². The number of rotatable bonds is 5. The SMILES string of the molecule is Cc1nc(Nc2ccc(Cl)cn2)sc1C(=O)NCc1ccc(Br)cc1. The summed E-state index contributed by atoms with van der Waals surface area (Å²) in [5.41, 5.74) is 1.71. The molecule has 8 heteroatoms. The Balaban J connectivity index is 1.65. The Morgan fingerprint density at radius 3 is 2.68 bits per heavy atom. The van der Waals surface area contributed by atoms with E-state index in [4.69, 9.17) is 11.6 Å². The van der Waals surface area contributed by atoms with Crippen molar-refractivity contribution in [2.75, 3.05) is 5.32 Å². The van der Waals surface area contributed by atoms with Crippen LogP contribution in [0.25, 0.3) is 0 Å². The van der Waals surface area contributed by atoms with Gasteiger partial charge in [0.2, 0.25) is 0 Å². The van der Waals surface area contributed by atoms with Gasteiger partial charge in [-0.3, -0.25) is 4.79 Å². The van der Waals surface area contributed by atoms with Crippen LogP contribution in [-0.2, 0) is 6.54 Å². The lowest BCUT2D eigenvalue weighted by Gasteiger charge is -2.04. The molecule has 0 aliphatic carbocycles. The number of carbonyl (C=O) groups is 1. The second-order valence-electron chi connectivity index (χ2n) is 5.23. The van der Waals surface area contributed by atoms with E-state index in [9.17, 15) is 4.79 Å². The van der Waals surface area contributed by atoms with Crippen LogP contribution in [0.4, 0.5) is 10.9 Å². The summed E-state index contributed by atoms with van der Waals surface area (Å²) in [7, 11) is 0. The van der Waals surface area contributed by atoms with Crippen molar-refractivity contribution < 1.29 is 4.79 Å². The number of anilines is 2. The first-order valence-corrected chi connectivity index (χ1v) is 9.38. The summed E-state index contributed by atoms with van der Waals surface area (Å²) in [6.45, 7) is 2.27. The van der Waals surface area contributed by atoms with Crippen molar-refractivity contribution in [3.63, 3.8) is 0 Å². The maximum Gasteiger partial charge on any atom is 0.263 e. The topological polar surface area (TPSA) is 66.9 Å². The molecule has 2 N–H and O–H groups in total. The Labute approximate surface area is 162 Å². The Bertz CT molecular complexity index is 881. The van der Waals surface area contributed by atoms with Gasteiger partial charge in [-0.1, -0.05) is 51.0 Å². The summed E-state index contributed by atoms with van der Waals surface area (Å²) in [4.78, 5) is 21.5. The van der Waals surface area contributed by atoms with Crippen molar-refractivity contribution in [3.8, 4) is 0 Å². The molecular formula is C17H14BrClN4OS. The average molecular weight is 438 g/mol. The van der Waals surface area contributed by atoms with Gasteiger partial charge in [0, 0.05) is 17.2 Å². The number of aromatic nitrogens is 2. The van der Waals surface area contributed by atoms with Crippen LogP contribution in [-0.4, -0.2) is 15.9 Å². The molecule has 0 aliphatic heterocycles. The van der Waals surface area contributed by atoms with Crippen LogP contribution in [0.3, 0.4) is 0 Å². The number of hydrogen-bond acceptors (Lipinski definition) is 5. The number of aryl methyl sites for hydroxylation is 1. The molecule has 0 unspecified atom stereocenters. The number of halogens is 2. The molecule has 25 heavy (non-hydrogen) atoms. The molecule has 0 spiro atoms. The molecule has 0 atom stereocenters. The average Bonchev–Trinajstić information content (AvgIpc) is 2.96. The molecule has 1 amide bonds. The Hall–Kier alpha value is -1.96. The number of nitrogens with one attached hydrogen (secondary N) is 2. The Morgan fingerprint density at radius 1 is 1.24 bits per heavy atom. The first kappa shape index (κ1) is 17.8. The van der Waals surface area contributed by atoms with Crippen LogP contribution in [0.15, 0.2) is 47.1 Å². The van der Waals surface area contributed by atoms with Crippen molar-refractivity contribution in [1.29, 1.82) is 0 Å². The fourth-order valence-corrected chi connectivity index (χ4v) is 3.35. The van der Waals surface area contributed by atoms with Crippen LogP contribution in [0.1, 0.15) is 20.9 Å². The lowest BCUT2D eigenvalue weighted by atomic mass is 10.2. The molecule has 128 valence electrons. The minimum atomic E-state index is -0.143. The number of nitrogens with zero attached hydrogens (tertiary/aromatic N) is 2. The highest BCUT2D eigenvalue weighted by atomic mass is 79.9. The molecule has 0 saturated heterocycles. The second kappa shape index (κ2) is 7.95. The summed E-state index contributed by atoms with van der Waals surface area (Å²) >= 11 is 10.5. The normalized spacial score (nSPS) is 10.5. The first-order chi connectivity index (χ1) is 12.0. The third-order valence-electron chi connectivity index (χ3n) is 3.33. The van der Waals surface area contributed by atoms with Gasteiger partial charge >= 0.3 is 0 Å². The summed E-state index contributed by atoms with van der Waals surface area (Å²) in [6, 6.07) is 11.3. The molecule has 0 radical (unpaired) electrons. The highest BCUT2D eigenvalue weighted by Gasteiger charge is 2.15. The zero-order valence-corrected chi connectivity index (χ0v) is 16.4. The van der Waals surface area contributed by atoms with E-state index in [0.717, 1.165) is 10.0 Å². The zero-order valence-electron chi connectivity index (χ0n) is 13.2. The van der Waals surface area contributed by atoms with Crippen molar-refractivity contribution >= 4 is 55.7 Å². The lowest BCUT2D eigenvalue weighted by molar-refractivity contribution is 0.0954. The van der Waals surface area contributed by atoms with Gasteiger partial charge in [-0.15, -0.1) is 0 Å². The quantitative estimate of drug-likeness (QED) is 0.593. The first-order valence-electron chi connectivity index (χ1n) is 7.40. The van der Waals surface area contributed by atoms with E-state index in [2.05, 4.69) is 36.5 Å². The van der Waals surface area contributed by atoms with Crippen LogP contribution >= 0.6 is 38.9 Å². The number of amides is 1. The maximum absolute atomic E-state index is 12.4. The largest absolute Gasteiger partial charge is 0.347 e. The minimum Gasteiger partial charge on any atom is -0.347 e. The van der Waals surface area contributed by atoms with Gasteiger partial charge in [-0.25, -0.2) is 9.97 Å².